The zero-order valence-electron chi connectivity index (χ0n) is 8.43. The van der Waals surface area contributed by atoms with E-state index in [1.807, 2.05) is 6.07 Å². The highest BCUT2D eigenvalue weighted by molar-refractivity contribution is 6.03. The van der Waals surface area contributed by atoms with Crippen molar-refractivity contribution in [1.29, 1.82) is 0 Å². The second kappa shape index (κ2) is 5.70. The molecule has 4 heteroatoms. The third-order valence-corrected chi connectivity index (χ3v) is 1.69. The van der Waals surface area contributed by atoms with E-state index in [1.165, 1.54) is 13.1 Å². The predicted octanol–water partition coefficient (Wildman–Crippen LogP) is 1.38. The first-order chi connectivity index (χ1) is 7.20. The van der Waals surface area contributed by atoms with Crippen molar-refractivity contribution in [2.75, 3.05) is 0 Å². The highest BCUT2D eigenvalue weighted by atomic mass is 16.2. The van der Waals surface area contributed by atoms with Crippen molar-refractivity contribution in [3.63, 3.8) is 0 Å². The maximum atomic E-state index is 11.5. The number of Topliss-reactive ketones (excluding diaryl/α,β-unsaturated/α-hetero) is 1. The first-order valence-corrected chi connectivity index (χ1v) is 4.56. The lowest BCUT2D eigenvalue weighted by Gasteiger charge is -1.95. The minimum atomic E-state index is -0.251. The summed E-state index contributed by atoms with van der Waals surface area (Å²) in [7, 11) is 0. The van der Waals surface area contributed by atoms with Crippen molar-refractivity contribution in [1.82, 2.24) is 5.43 Å². The Morgan fingerprint density at radius 1 is 1.33 bits per heavy atom. The fourth-order valence-electron chi connectivity index (χ4n) is 1.01. The first-order valence-electron chi connectivity index (χ1n) is 4.56. The number of nitrogens with zero attached hydrogens (tertiary/aromatic N) is 1. The number of hydrogen-bond donors (Lipinski definition) is 1. The van der Waals surface area contributed by atoms with Crippen molar-refractivity contribution in [2.45, 2.75) is 13.3 Å². The number of carbonyl (C=O) groups excluding carboxylic acids is 2. The van der Waals surface area contributed by atoms with Crippen molar-refractivity contribution in [3.8, 4) is 0 Å². The minimum Gasteiger partial charge on any atom is -0.294 e. The molecule has 1 aromatic rings. The fraction of sp³-hybridized carbons (Fsp3) is 0.182. The zero-order valence-corrected chi connectivity index (χ0v) is 8.43. The maximum Gasteiger partial charge on any atom is 0.236 e. The van der Waals surface area contributed by atoms with E-state index < -0.39 is 0 Å². The normalized spacial score (nSPS) is 10.2. The molecule has 0 unspecified atom stereocenters. The van der Waals surface area contributed by atoms with Crippen molar-refractivity contribution in [3.05, 3.63) is 35.9 Å². The van der Waals surface area contributed by atoms with Crippen molar-refractivity contribution in [2.24, 2.45) is 5.10 Å². The summed E-state index contributed by atoms with van der Waals surface area (Å²) < 4.78 is 0. The standard InChI is InChI=1S/C11H12N2O2/c1-9(14)13-12-8-7-11(15)10-5-3-2-4-6-10/h2-6,8H,7H2,1H3,(H,13,14)/b12-8+. The molecule has 0 aliphatic rings. The number of hydrogen-bond acceptors (Lipinski definition) is 3. The monoisotopic (exact) mass is 204 g/mol. The van der Waals surface area contributed by atoms with E-state index in [0.717, 1.165) is 0 Å². The second-order valence-corrected chi connectivity index (χ2v) is 2.97. The molecule has 0 saturated carbocycles. The smallest absolute Gasteiger partial charge is 0.236 e. The summed E-state index contributed by atoms with van der Waals surface area (Å²) in [6.45, 7) is 1.36. The second-order valence-electron chi connectivity index (χ2n) is 2.97. The van der Waals surface area contributed by atoms with E-state index in [9.17, 15) is 9.59 Å². The molecule has 0 saturated heterocycles. The van der Waals surface area contributed by atoms with Crippen LogP contribution in [0.3, 0.4) is 0 Å². The molecular weight excluding hydrogens is 192 g/mol. The van der Waals surface area contributed by atoms with Crippen LogP contribution < -0.4 is 5.43 Å². The molecule has 0 radical (unpaired) electrons. The molecule has 0 atom stereocenters. The van der Waals surface area contributed by atoms with Crippen LogP contribution in [-0.4, -0.2) is 17.9 Å². The highest BCUT2D eigenvalue weighted by Gasteiger charge is 2.01. The molecule has 4 nitrogen and oxygen atoms in total. The summed E-state index contributed by atoms with van der Waals surface area (Å²) in [4.78, 5) is 21.9. The van der Waals surface area contributed by atoms with E-state index in [4.69, 9.17) is 0 Å². The first kappa shape index (κ1) is 11.1. The Labute approximate surface area is 88.0 Å². The van der Waals surface area contributed by atoms with Gasteiger partial charge in [-0.2, -0.15) is 5.10 Å². The molecule has 0 fully saturated rings. The van der Waals surface area contributed by atoms with E-state index >= 15 is 0 Å². The maximum absolute atomic E-state index is 11.5. The largest absolute Gasteiger partial charge is 0.294 e. The lowest BCUT2D eigenvalue weighted by molar-refractivity contribution is -0.118. The van der Waals surface area contributed by atoms with Gasteiger partial charge in [-0.15, -0.1) is 0 Å². The summed E-state index contributed by atoms with van der Waals surface area (Å²) in [5.74, 6) is -0.275. The van der Waals surface area contributed by atoms with Gasteiger partial charge in [0.15, 0.2) is 5.78 Å². The third-order valence-electron chi connectivity index (χ3n) is 1.69. The molecule has 0 spiro atoms. The van der Waals surface area contributed by atoms with Gasteiger partial charge in [0.25, 0.3) is 0 Å². The quantitative estimate of drug-likeness (QED) is 0.457. The summed E-state index contributed by atoms with van der Waals surface area (Å²) >= 11 is 0. The van der Waals surface area contributed by atoms with Gasteiger partial charge in [-0.05, 0) is 0 Å². The van der Waals surface area contributed by atoms with Crippen LogP contribution in [-0.2, 0) is 4.79 Å². The third kappa shape index (κ3) is 4.17. The van der Waals surface area contributed by atoms with Crippen LogP contribution in [0.25, 0.3) is 0 Å². The minimum absolute atomic E-state index is 0.0234. The number of hydrazone groups is 1. The lowest BCUT2D eigenvalue weighted by Crippen LogP contribution is -2.12. The number of carbonyl (C=O) groups is 2. The van der Waals surface area contributed by atoms with Crippen LogP contribution in [0.5, 0.6) is 0 Å². The van der Waals surface area contributed by atoms with E-state index in [1.54, 1.807) is 24.3 Å². The molecule has 1 aromatic carbocycles. The van der Waals surface area contributed by atoms with E-state index in [2.05, 4.69) is 10.5 Å². The van der Waals surface area contributed by atoms with Gasteiger partial charge in [0.05, 0.1) is 0 Å². The Hall–Kier alpha value is -1.97. The summed E-state index contributed by atoms with van der Waals surface area (Å²) in [5.41, 5.74) is 2.88. The topological polar surface area (TPSA) is 58.5 Å². The summed E-state index contributed by atoms with van der Waals surface area (Å²) in [6, 6.07) is 8.95. The van der Waals surface area contributed by atoms with Crippen molar-refractivity contribution < 1.29 is 9.59 Å². The average Bonchev–Trinajstić information content (AvgIpc) is 2.25. The molecule has 0 aliphatic heterocycles. The average molecular weight is 204 g/mol. The molecule has 78 valence electrons. The number of nitrogens with one attached hydrogen (secondary N) is 1. The zero-order chi connectivity index (χ0) is 11.1. The number of benzene rings is 1. The van der Waals surface area contributed by atoms with Crippen LogP contribution >= 0.6 is 0 Å². The van der Waals surface area contributed by atoms with Crippen molar-refractivity contribution >= 4 is 17.9 Å². The Bertz CT molecular complexity index is 371. The van der Waals surface area contributed by atoms with Gasteiger partial charge in [0, 0.05) is 25.1 Å². The van der Waals surface area contributed by atoms with Gasteiger partial charge >= 0.3 is 0 Å². The van der Waals surface area contributed by atoms with Gasteiger partial charge in [0.1, 0.15) is 0 Å². The van der Waals surface area contributed by atoms with Gasteiger partial charge in [-0.3, -0.25) is 9.59 Å². The van der Waals surface area contributed by atoms with Crippen LogP contribution in [0.2, 0.25) is 0 Å². The molecule has 1 N–H and O–H groups in total. The molecule has 0 aromatic heterocycles. The van der Waals surface area contributed by atoms with Gasteiger partial charge in [-0.1, -0.05) is 30.3 Å². The molecule has 0 aliphatic carbocycles. The summed E-state index contributed by atoms with van der Waals surface area (Å²) in [5, 5.41) is 3.59. The summed E-state index contributed by atoms with van der Waals surface area (Å²) in [6.07, 6.45) is 1.57. The van der Waals surface area contributed by atoms with Crippen LogP contribution in [0.1, 0.15) is 23.7 Å². The number of amides is 1. The van der Waals surface area contributed by atoms with Gasteiger partial charge < -0.3 is 0 Å². The molecule has 1 amide bonds. The number of ketones is 1. The van der Waals surface area contributed by atoms with Crippen LogP contribution in [0.4, 0.5) is 0 Å². The number of rotatable bonds is 4. The van der Waals surface area contributed by atoms with E-state index in [-0.39, 0.29) is 18.1 Å². The van der Waals surface area contributed by atoms with Gasteiger partial charge in [-0.25, -0.2) is 5.43 Å². The van der Waals surface area contributed by atoms with E-state index in [0.29, 0.717) is 5.56 Å². The van der Waals surface area contributed by atoms with Crippen LogP contribution in [0.15, 0.2) is 35.4 Å². The predicted molar refractivity (Wildman–Crippen MR) is 57.7 cm³/mol. The fourth-order valence-corrected chi connectivity index (χ4v) is 1.01. The molecule has 0 heterocycles. The SMILES string of the molecule is CC(=O)N/N=C/CC(=O)c1ccccc1. The Balaban J connectivity index is 2.44. The van der Waals surface area contributed by atoms with Crippen LogP contribution in [0, 0.1) is 0 Å². The molecular formula is C11H12N2O2. The van der Waals surface area contributed by atoms with Gasteiger partial charge in [0.2, 0.25) is 5.91 Å². The molecule has 1 rings (SSSR count). The lowest BCUT2D eigenvalue weighted by atomic mass is 10.1. The molecule has 0 bridgehead atoms. The molecule has 15 heavy (non-hydrogen) atoms. The Morgan fingerprint density at radius 2 is 2.00 bits per heavy atom. The Morgan fingerprint density at radius 3 is 2.60 bits per heavy atom. The highest BCUT2D eigenvalue weighted by Crippen LogP contribution is 2.01. The Kier molecular flexibility index (Phi) is 4.22.